The van der Waals surface area contributed by atoms with Gasteiger partial charge in [-0.3, -0.25) is 14.3 Å². The van der Waals surface area contributed by atoms with Gasteiger partial charge in [-0.2, -0.15) is 5.26 Å². The quantitative estimate of drug-likeness (QED) is 0.809. The zero-order chi connectivity index (χ0) is 14.7. The first-order valence-corrected chi connectivity index (χ1v) is 6.52. The lowest BCUT2D eigenvalue weighted by molar-refractivity contribution is -0.0331. The topological polar surface area (TPSA) is 108 Å². The van der Waals surface area contributed by atoms with E-state index in [1.807, 2.05) is 0 Å². The van der Waals surface area contributed by atoms with Crippen molar-refractivity contribution >= 4 is 0 Å². The van der Waals surface area contributed by atoms with Crippen LogP contribution >= 0.6 is 0 Å². The molecule has 0 spiro atoms. The van der Waals surface area contributed by atoms with Crippen molar-refractivity contribution < 1.29 is 9.84 Å². The van der Waals surface area contributed by atoms with Crippen molar-refractivity contribution in [1.29, 1.82) is 5.26 Å². The second-order valence-corrected chi connectivity index (χ2v) is 4.98. The number of aromatic amines is 1. The second kappa shape index (κ2) is 6.03. The van der Waals surface area contributed by atoms with Crippen molar-refractivity contribution in [3.8, 4) is 6.07 Å². The number of nitriles is 1. The Kier molecular flexibility index (Phi) is 4.37. The van der Waals surface area contributed by atoms with Crippen molar-refractivity contribution in [1.82, 2.24) is 9.55 Å². The van der Waals surface area contributed by atoms with Crippen LogP contribution in [0.15, 0.2) is 15.8 Å². The Morgan fingerprint density at radius 1 is 1.60 bits per heavy atom. The number of aromatic nitrogens is 2. The van der Waals surface area contributed by atoms with Crippen LogP contribution in [0.5, 0.6) is 0 Å². The fourth-order valence-corrected chi connectivity index (χ4v) is 2.50. The lowest BCUT2D eigenvalue weighted by Crippen LogP contribution is -2.33. The number of ether oxygens (including phenoxy) is 1. The lowest BCUT2D eigenvalue weighted by atomic mass is 9.96. The van der Waals surface area contributed by atoms with Gasteiger partial charge in [0.25, 0.3) is 5.56 Å². The molecule has 0 aliphatic carbocycles. The van der Waals surface area contributed by atoms with Gasteiger partial charge in [0.1, 0.15) is 6.23 Å². The molecular formula is C13H17N3O4. The maximum Gasteiger partial charge on any atom is 0.330 e. The van der Waals surface area contributed by atoms with E-state index in [1.54, 1.807) is 6.92 Å². The third-order valence-electron chi connectivity index (χ3n) is 3.63. The molecule has 1 aliphatic heterocycles. The highest BCUT2D eigenvalue weighted by atomic mass is 16.5. The number of nitrogens with one attached hydrogen (secondary N) is 1. The zero-order valence-electron chi connectivity index (χ0n) is 11.2. The average Bonchev–Trinajstić information content (AvgIpc) is 2.83. The van der Waals surface area contributed by atoms with Crippen LogP contribution in [0.1, 0.15) is 31.1 Å². The lowest BCUT2D eigenvalue weighted by Gasteiger charge is -2.15. The number of aliphatic hydroxyl groups excluding tert-OH is 1. The molecule has 3 atom stereocenters. The summed E-state index contributed by atoms with van der Waals surface area (Å²) in [6.45, 7) is 1.46. The van der Waals surface area contributed by atoms with E-state index in [0.29, 0.717) is 24.8 Å². The van der Waals surface area contributed by atoms with Gasteiger partial charge >= 0.3 is 5.69 Å². The van der Waals surface area contributed by atoms with Gasteiger partial charge in [0.05, 0.1) is 18.8 Å². The van der Waals surface area contributed by atoms with Crippen molar-refractivity contribution in [2.75, 3.05) is 6.61 Å². The Balaban J connectivity index is 2.23. The Morgan fingerprint density at radius 2 is 2.35 bits per heavy atom. The first-order valence-electron chi connectivity index (χ1n) is 6.52. The van der Waals surface area contributed by atoms with Gasteiger partial charge in [-0.05, 0) is 25.7 Å². The summed E-state index contributed by atoms with van der Waals surface area (Å²) < 4.78 is 7.00. The van der Waals surface area contributed by atoms with Crippen molar-refractivity contribution in [2.24, 2.45) is 5.92 Å². The summed E-state index contributed by atoms with van der Waals surface area (Å²) in [7, 11) is 0. The molecular weight excluding hydrogens is 262 g/mol. The molecule has 1 aromatic rings. The minimum absolute atomic E-state index is 0.0313. The molecule has 2 N–H and O–H groups in total. The van der Waals surface area contributed by atoms with Crippen LogP contribution in [0, 0.1) is 24.2 Å². The molecule has 0 unspecified atom stereocenters. The standard InChI is InChI=1S/C13H17N3O4/c1-8-6-16(13(19)15-12(8)18)11-5-9(3-2-4-14)10(7-17)20-11/h6,9-11,17H,2-3,5,7H2,1H3,(H,15,18,19)/t9-,10+,11+/m0/s1. The van der Waals surface area contributed by atoms with Crippen LogP contribution in [0.4, 0.5) is 0 Å². The van der Waals surface area contributed by atoms with Crippen molar-refractivity contribution in [2.45, 2.75) is 38.5 Å². The monoisotopic (exact) mass is 279 g/mol. The van der Waals surface area contributed by atoms with Gasteiger partial charge in [-0.15, -0.1) is 0 Å². The van der Waals surface area contributed by atoms with E-state index < -0.39 is 17.5 Å². The largest absolute Gasteiger partial charge is 0.394 e. The summed E-state index contributed by atoms with van der Waals surface area (Å²) >= 11 is 0. The maximum atomic E-state index is 11.8. The molecule has 7 heteroatoms. The minimum atomic E-state index is -0.525. The Labute approximate surface area is 115 Å². The predicted molar refractivity (Wildman–Crippen MR) is 70.0 cm³/mol. The van der Waals surface area contributed by atoms with Crippen molar-refractivity contribution in [3.63, 3.8) is 0 Å². The van der Waals surface area contributed by atoms with E-state index in [1.165, 1.54) is 10.8 Å². The first kappa shape index (κ1) is 14.5. The number of aliphatic hydroxyl groups is 1. The van der Waals surface area contributed by atoms with Gasteiger partial charge in [0.15, 0.2) is 0 Å². The smallest absolute Gasteiger partial charge is 0.330 e. The molecule has 108 valence electrons. The van der Waals surface area contributed by atoms with Gasteiger partial charge in [-0.25, -0.2) is 4.79 Å². The van der Waals surface area contributed by atoms with Crippen LogP contribution < -0.4 is 11.2 Å². The highest BCUT2D eigenvalue weighted by molar-refractivity contribution is 5.02. The fraction of sp³-hybridized carbons (Fsp3) is 0.615. The molecule has 1 aliphatic rings. The van der Waals surface area contributed by atoms with E-state index >= 15 is 0 Å². The Bertz CT molecular complexity index is 628. The summed E-state index contributed by atoms with van der Waals surface area (Å²) in [6, 6.07) is 2.07. The third-order valence-corrected chi connectivity index (χ3v) is 3.63. The summed E-state index contributed by atoms with van der Waals surface area (Å²) in [6.07, 6.45) is 2.11. The molecule has 7 nitrogen and oxygen atoms in total. The number of H-pyrrole nitrogens is 1. The summed E-state index contributed by atoms with van der Waals surface area (Å²) in [5.74, 6) is 0.0313. The molecule has 0 aromatic carbocycles. The summed E-state index contributed by atoms with van der Waals surface area (Å²) in [4.78, 5) is 25.4. The number of rotatable bonds is 4. The van der Waals surface area contributed by atoms with Gasteiger partial charge < -0.3 is 9.84 Å². The van der Waals surface area contributed by atoms with Crippen LogP contribution in [0.3, 0.4) is 0 Å². The molecule has 0 saturated carbocycles. The summed E-state index contributed by atoms with van der Waals surface area (Å²) in [5.41, 5.74) is -0.513. The van der Waals surface area contributed by atoms with Crippen molar-refractivity contribution in [3.05, 3.63) is 32.6 Å². The van der Waals surface area contributed by atoms with Crippen LogP contribution in [-0.4, -0.2) is 27.4 Å². The molecule has 1 fully saturated rings. The van der Waals surface area contributed by atoms with E-state index in [4.69, 9.17) is 10.00 Å². The third kappa shape index (κ3) is 2.81. The predicted octanol–water partition coefficient (Wildman–Crippen LogP) is 0.0448. The Hall–Kier alpha value is -1.91. The maximum absolute atomic E-state index is 11.8. The van der Waals surface area contributed by atoms with Gasteiger partial charge in [0.2, 0.25) is 0 Å². The van der Waals surface area contributed by atoms with Crippen LogP contribution in [0.2, 0.25) is 0 Å². The number of nitrogens with zero attached hydrogens (tertiary/aromatic N) is 2. The molecule has 20 heavy (non-hydrogen) atoms. The fourth-order valence-electron chi connectivity index (χ4n) is 2.50. The molecule has 2 rings (SSSR count). The normalized spacial score (nSPS) is 25.6. The first-order chi connectivity index (χ1) is 9.56. The Morgan fingerprint density at radius 3 is 3.00 bits per heavy atom. The molecule has 1 aromatic heterocycles. The molecule has 1 saturated heterocycles. The molecule has 0 radical (unpaired) electrons. The van der Waals surface area contributed by atoms with Gasteiger partial charge in [-0.1, -0.05) is 0 Å². The number of hydrogen-bond acceptors (Lipinski definition) is 5. The summed E-state index contributed by atoms with van der Waals surface area (Å²) in [5, 5.41) is 17.9. The van der Waals surface area contributed by atoms with Crippen LogP contribution in [0.25, 0.3) is 0 Å². The SMILES string of the molecule is Cc1cn([C@H]2C[C@H](CCC#N)[C@@H](CO)O2)c(=O)[nH]c1=O. The molecule has 0 bridgehead atoms. The van der Waals surface area contributed by atoms with Gasteiger partial charge in [0, 0.05) is 18.2 Å². The second-order valence-electron chi connectivity index (χ2n) is 4.98. The van der Waals surface area contributed by atoms with E-state index in [0.717, 1.165) is 0 Å². The number of hydrogen-bond donors (Lipinski definition) is 2. The minimum Gasteiger partial charge on any atom is -0.394 e. The van der Waals surface area contributed by atoms with Crippen LogP contribution in [-0.2, 0) is 4.74 Å². The van der Waals surface area contributed by atoms with E-state index in [2.05, 4.69) is 11.1 Å². The number of aryl methyl sites for hydroxylation is 1. The highest BCUT2D eigenvalue weighted by Gasteiger charge is 2.35. The van der Waals surface area contributed by atoms with E-state index in [9.17, 15) is 14.7 Å². The zero-order valence-corrected chi connectivity index (χ0v) is 11.2. The average molecular weight is 279 g/mol. The van der Waals surface area contributed by atoms with E-state index in [-0.39, 0.29) is 18.6 Å². The molecule has 0 amide bonds. The molecule has 2 heterocycles. The highest BCUT2D eigenvalue weighted by Crippen LogP contribution is 2.35.